The highest BCUT2D eigenvalue weighted by atomic mass is 16.2. The van der Waals surface area contributed by atoms with Crippen LogP contribution < -0.4 is 5.32 Å². The number of hydrogen-bond acceptors (Lipinski definition) is 2. The van der Waals surface area contributed by atoms with Gasteiger partial charge in [0, 0.05) is 13.1 Å². The minimum Gasteiger partial charge on any atom is -0.341 e. The van der Waals surface area contributed by atoms with Crippen LogP contribution in [0, 0.1) is 0 Å². The molecule has 4 heteroatoms. The van der Waals surface area contributed by atoms with Crippen LogP contribution in [0.4, 0.5) is 0 Å². The maximum absolute atomic E-state index is 12.7. The Balaban J connectivity index is 2.05. The fourth-order valence-corrected chi connectivity index (χ4v) is 3.77. The number of nitrogens with one attached hydrogen (secondary N) is 1. The fourth-order valence-electron chi connectivity index (χ4n) is 3.77. The molecule has 1 atom stereocenters. The van der Waals surface area contributed by atoms with Gasteiger partial charge in [0.1, 0.15) is 0 Å². The van der Waals surface area contributed by atoms with Gasteiger partial charge in [-0.1, -0.05) is 51.8 Å². The van der Waals surface area contributed by atoms with E-state index in [1.165, 1.54) is 24.0 Å². The number of aryl methyl sites for hydroxylation is 2. The van der Waals surface area contributed by atoms with E-state index in [2.05, 4.69) is 44.3 Å². The molecule has 1 N–H and O–H groups in total. The van der Waals surface area contributed by atoms with E-state index in [0.717, 1.165) is 50.5 Å². The van der Waals surface area contributed by atoms with E-state index in [0.29, 0.717) is 13.1 Å². The average molecular weight is 373 g/mol. The van der Waals surface area contributed by atoms with Gasteiger partial charge in [0.25, 0.3) is 0 Å². The van der Waals surface area contributed by atoms with E-state index in [4.69, 9.17) is 0 Å². The Kier molecular flexibility index (Phi) is 8.83. The van der Waals surface area contributed by atoms with Crippen LogP contribution in [0.15, 0.2) is 18.2 Å². The lowest BCUT2D eigenvalue weighted by molar-refractivity contribution is -0.146. The summed E-state index contributed by atoms with van der Waals surface area (Å²) in [7, 11) is 0. The predicted molar refractivity (Wildman–Crippen MR) is 111 cm³/mol. The lowest BCUT2D eigenvalue weighted by atomic mass is 9.89. The standard InChI is InChI=1S/C23H36N2O2/c1-4-7-15-25(16-8-5-2)23(27)22(26)24-21(6-3)20-14-13-18-11-9-10-12-19(18)17-20/h13-14,17,21H,4-12,15-16H2,1-3H3,(H,24,26). The Bertz CT molecular complexity index is 619. The third-order valence-electron chi connectivity index (χ3n) is 5.53. The molecule has 0 heterocycles. The number of rotatable bonds is 9. The monoisotopic (exact) mass is 372 g/mol. The van der Waals surface area contributed by atoms with E-state index in [9.17, 15) is 9.59 Å². The van der Waals surface area contributed by atoms with Crippen molar-refractivity contribution < 1.29 is 9.59 Å². The van der Waals surface area contributed by atoms with Crippen LogP contribution in [0.5, 0.6) is 0 Å². The van der Waals surface area contributed by atoms with Crippen LogP contribution in [0.1, 0.15) is 88.4 Å². The number of unbranched alkanes of at least 4 members (excludes halogenated alkanes) is 2. The van der Waals surface area contributed by atoms with Crippen LogP contribution in [0.3, 0.4) is 0 Å². The lowest BCUT2D eigenvalue weighted by Crippen LogP contribution is -2.44. The molecule has 1 aromatic carbocycles. The van der Waals surface area contributed by atoms with Gasteiger partial charge >= 0.3 is 11.8 Å². The number of fused-ring (bicyclic) bond motifs is 1. The first-order valence-corrected chi connectivity index (χ1v) is 10.8. The molecule has 0 radical (unpaired) electrons. The Labute approximate surface area is 164 Å². The number of amides is 2. The number of hydrogen-bond donors (Lipinski definition) is 1. The molecular formula is C23H36N2O2. The maximum Gasteiger partial charge on any atom is 0.311 e. The molecule has 0 aliphatic heterocycles. The second kappa shape index (κ2) is 11.1. The molecule has 2 rings (SSSR count). The molecule has 0 saturated heterocycles. The Morgan fingerprint density at radius 2 is 1.63 bits per heavy atom. The van der Waals surface area contributed by atoms with Crippen molar-refractivity contribution in [1.82, 2.24) is 10.2 Å². The summed E-state index contributed by atoms with van der Waals surface area (Å²) in [5.74, 6) is -0.847. The first-order valence-electron chi connectivity index (χ1n) is 10.8. The van der Waals surface area contributed by atoms with E-state index in [-0.39, 0.29) is 11.9 Å². The molecule has 0 aromatic heterocycles. The number of nitrogens with zero attached hydrogens (tertiary/aromatic N) is 1. The molecule has 1 unspecified atom stereocenters. The first kappa shape index (κ1) is 21.5. The average Bonchev–Trinajstić information content (AvgIpc) is 2.71. The van der Waals surface area contributed by atoms with Crippen LogP contribution in [-0.4, -0.2) is 29.8 Å². The minimum atomic E-state index is -0.466. The number of benzene rings is 1. The van der Waals surface area contributed by atoms with Crippen molar-refractivity contribution in [1.29, 1.82) is 0 Å². The quantitative estimate of drug-likeness (QED) is 0.646. The van der Waals surface area contributed by atoms with Crippen molar-refractivity contribution in [3.63, 3.8) is 0 Å². The van der Waals surface area contributed by atoms with Crippen molar-refractivity contribution in [3.05, 3.63) is 34.9 Å². The summed E-state index contributed by atoms with van der Waals surface area (Å²) in [6.07, 6.45) is 9.46. The normalized spacial score (nSPS) is 14.3. The molecule has 4 nitrogen and oxygen atoms in total. The SMILES string of the molecule is CCCCN(CCCC)C(=O)C(=O)NC(CC)c1ccc2c(c1)CCCC2. The van der Waals surface area contributed by atoms with E-state index in [1.807, 2.05) is 0 Å². The summed E-state index contributed by atoms with van der Waals surface area (Å²) in [6.45, 7) is 7.59. The van der Waals surface area contributed by atoms with E-state index < -0.39 is 5.91 Å². The van der Waals surface area contributed by atoms with Crippen molar-refractivity contribution >= 4 is 11.8 Å². The zero-order chi connectivity index (χ0) is 19.6. The third kappa shape index (κ3) is 6.08. The van der Waals surface area contributed by atoms with Gasteiger partial charge in [-0.15, -0.1) is 0 Å². The Morgan fingerprint density at radius 3 is 2.22 bits per heavy atom. The molecular weight excluding hydrogens is 336 g/mol. The van der Waals surface area contributed by atoms with Gasteiger partial charge in [-0.25, -0.2) is 0 Å². The summed E-state index contributed by atoms with van der Waals surface area (Å²) in [6, 6.07) is 6.46. The molecule has 1 aromatic rings. The molecule has 0 spiro atoms. The van der Waals surface area contributed by atoms with E-state index in [1.54, 1.807) is 4.90 Å². The third-order valence-corrected chi connectivity index (χ3v) is 5.53. The molecule has 0 fully saturated rings. The van der Waals surface area contributed by atoms with Crippen LogP contribution >= 0.6 is 0 Å². The summed E-state index contributed by atoms with van der Waals surface area (Å²) >= 11 is 0. The van der Waals surface area contributed by atoms with Crippen LogP contribution in [0.25, 0.3) is 0 Å². The molecule has 150 valence electrons. The maximum atomic E-state index is 12.7. The van der Waals surface area contributed by atoms with Gasteiger partial charge in [0.15, 0.2) is 0 Å². The molecule has 1 aliphatic rings. The van der Waals surface area contributed by atoms with Crippen LogP contribution in [0.2, 0.25) is 0 Å². The molecule has 2 amide bonds. The zero-order valence-electron chi connectivity index (χ0n) is 17.4. The number of carbonyl (C=O) groups is 2. The highest BCUT2D eigenvalue weighted by molar-refractivity contribution is 6.35. The second-order valence-corrected chi connectivity index (χ2v) is 7.67. The second-order valence-electron chi connectivity index (χ2n) is 7.67. The first-order chi connectivity index (χ1) is 13.1. The van der Waals surface area contributed by atoms with E-state index >= 15 is 0 Å². The summed E-state index contributed by atoms with van der Waals surface area (Å²) in [5.41, 5.74) is 3.96. The van der Waals surface area contributed by atoms with Crippen molar-refractivity contribution in [2.24, 2.45) is 0 Å². The zero-order valence-corrected chi connectivity index (χ0v) is 17.4. The molecule has 1 aliphatic carbocycles. The molecule has 0 saturated carbocycles. The molecule has 0 bridgehead atoms. The Hall–Kier alpha value is -1.84. The van der Waals surface area contributed by atoms with Crippen molar-refractivity contribution in [3.8, 4) is 0 Å². The van der Waals surface area contributed by atoms with Gasteiger partial charge < -0.3 is 10.2 Å². The van der Waals surface area contributed by atoms with Gasteiger partial charge in [0.2, 0.25) is 0 Å². The Morgan fingerprint density at radius 1 is 1.00 bits per heavy atom. The summed E-state index contributed by atoms with van der Waals surface area (Å²) in [5, 5.41) is 2.99. The largest absolute Gasteiger partial charge is 0.341 e. The summed E-state index contributed by atoms with van der Waals surface area (Å²) in [4.78, 5) is 27.0. The molecule has 27 heavy (non-hydrogen) atoms. The highest BCUT2D eigenvalue weighted by Crippen LogP contribution is 2.26. The van der Waals surface area contributed by atoms with Gasteiger partial charge in [0.05, 0.1) is 6.04 Å². The van der Waals surface area contributed by atoms with Gasteiger partial charge in [-0.05, 0) is 61.6 Å². The van der Waals surface area contributed by atoms with Gasteiger partial charge in [-0.2, -0.15) is 0 Å². The van der Waals surface area contributed by atoms with Crippen molar-refractivity contribution in [2.45, 2.75) is 84.6 Å². The summed E-state index contributed by atoms with van der Waals surface area (Å²) < 4.78 is 0. The van der Waals surface area contributed by atoms with Crippen LogP contribution in [-0.2, 0) is 22.4 Å². The minimum absolute atomic E-state index is 0.104. The lowest BCUT2D eigenvalue weighted by Gasteiger charge is -2.25. The number of carbonyl (C=O) groups excluding carboxylic acids is 2. The fraction of sp³-hybridized carbons (Fsp3) is 0.652. The topological polar surface area (TPSA) is 49.4 Å². The van der Waals surface area contributed by atoms with Crippen molar-refractivity contribution in [2.75, 3.05) is 13.1 Å². The smallest absolute Gasteiger partial charge is 0.311 e. The predicted octanol–water partition coefficient (Wildman–Crippen LogP) is 4.56. The van der Waals surface area contributed by atoms with Gasteiger partial charge in [-0.3, -0.25) is 9.59 Å². The highest BCUT2D eigenvalue weighted by Gasteiger charge is 2.24.